The summed E-state index contributed by atoms with van der Waals surface area (Å²) in [6, 6.07) is 10.5. The van der Waals surface area contributed by atoms with Crippen LogP contribution in [0.3, 0.4) is 0 Å². The van der Waals surface area contributed by atoms with Gasteiger partial charge in [-0.3, -0.25) is 5.84 Å². The molecule has 0 saturated carbocycles. The molecule has 2 rings (SSSR count). The highest BCUT2D eigenvalue weighted by Crippen LogP contribution is 2.21. The van der Waals surface area contributed by atoms with Crippen molar-refractivity contribution in [2.75, 3.05) is 0 Å². The van der Waals surface area contributed by atoms with E-state index in [0.29, 0.717) is 0 Å². The molecule has 0 radical (unpaired) electrons. The van der Waals surface area contributed by atoms with Crippen LogP contribution in [0.2, 0.25) is 0 Å². The lowest BCUT2D eigenvalue weighted by atomic mass is 10.0. The van der Waals surface area contributed by atoms with Gasteiger partial charge in [0.25, 0.3) is 0 Å². The van der Waals surface area contributed by atoms with Crippen LogP contribution in [0.15, 0.2) is 34.7 Å². The number of benzene rings is 1. The van der Waals surface area contributed by atoms with Gasteiger partial charge in [0.15, 0.2) is 0 Å². The Bertz CT molecular complexity index is 511. The number of rotatable bonds is 4. The molecule has 1 aromatic heterocycles. The second-order valence-electron chi connectivity index (χ2n) is 4.87. The number of nitrogens with two attached hydrogens (primary N) is 1. The van der Waals surface area contributed by atoms with E-state index in [2.05, 4.69) is 37.5 Å². The van der Waals surface area contributed by atoms with E-state index in [1.807, 2.05) is 19.1 Å². The molecule has 1 aromatic carbocycles. The number of hydrogen-bond donors (Lipinski definition) is 2. The van der Waals surface area contributed by atoms with Crippen LogP contribution in [-0.2, 0) is 6.42 Å². The molecule has 2 aromatic rings. The molecule has 0 aliphatic heterocycles. The van der Waals surface area contributed by atoms with E-state index >= 15 is 0 Å². The van der Waals surface area contributed by atoms with Gasteiger partial charge in [-0.05, 0) is 44.9 Å². The summed E-state index contributed by atoms with van der Waals surface area (Å²) in [5.74, 6) is 7.42. The largest absolute Gasteiger partial charge is 0.465 e. The van der Waals surface area contributed by atoms with E-state index in [1.165, 1.54) is 16.7 Å². The molecule has 3 nitrogen and oxygen atoms in total. The Kier molecular flexibility index (Phi) is 3.84. The minimum Gasteiger partial charge on any atom is -0.465 e. The van der Waals surface area contributed by atoms with Gasteiger partial charge in [0.1, 0.15) is 11.5 Å². The molecule has 1 heterocycles. The molecule has 0 fully saturated rings. The van der Waals surface area contributed by atoms with E-state index in [9.17, 15) is 0 Å². The standard InChI is InChI=1S/C15H20N2O/c1-10-6-11(2)8-13(7-10)9-14(17-16)15-5-4-12(3)18-15/h4-8,14,17H,9,16H2,1-3H3. The van der Waals surface area contributed by atoms with Crippen LogP contribution in [0, 0.1) is 20.8 Å². The third-order valence-corrected chi connectivity index (χ3v) is 3.03. The van der Waals surface area contributed by atoms with Gasteiger partial charge in [0.05, 0.1) is 6.04 Å². The molecular weight excluding hydrogens is 224 g/mol. The van der Waals surface area contributed by atoms with Crippen LogP contribution < -0.4 is 11.3 Å². The predicted octanol–water partition coefficient (Wildman–Crippen LogP) is 2.95. The molecule has 0 bridgehead atoms. The Morgan fingerprint density at radius 3 is 2.28 bits per heavy atom. The van der Waals surface area contributed by atoms with Gasteiger partial charge >= 0.3 is 0 Å². The summed E-state index contributed by atoms with van der Waals surface area (Å²) in [5.41, 5.74) is 6.64. The third kappa shape index (κ3) is 3.00. The van der Waals surface area contributed by atoms with Crippen molar-refractivity contribution < 1.29 is 4.42 Å². The molecular formula is C15H20N2O. The van der Waals surface area contributed by atoms with Crippen molar-refractivity contribution in [1.29, 1.82) is 0 Å². The van der Waals surface area contributed by atoms with E-state index in [0.717, 1.165) is 17.9 Å². The Morgan fingerprint density at radius 1 is 1.11 bits per heavy atom. The molecule has 96 valence electrons. The molecule has 1 unspecified atom stereocenters. The molecule has 3 heteroatoms. The maximum absolute atomic E-state index is 5.63. The topological polar surface area (TPSA) is 51.2 Å². The van der Waals surface area contributed by atoms with Crippen molar-refractivity contribution in [3.63, 3.8) is 0 Å². The molecule has 0 amide bonds. The van der Waals surface area contributed by atoms with Crippen molar-refractivity contribution >= 4 is 0 Å². The highest BCUT2D eigenvalue weighted by molar-refractivity contribution is 5.29. The zero-order chi connectivity index (χ0) is 13.1. The molecule has 0 saturated heterocycles. The average Bonchev–Trinajstić information content (AvgIpc) is 2.71. The van der Waals surface area contributed by atoms with Crippen LogP contribution in [0.5, 0.6) is 0 Å². The highest BCUT2D eigenvalue weighted by Gasteiger charge is 2.14. The zero-order valence-electron chi connectivity index (χ0n) is 11.2. The number of hydrazine groups is 1. The van der Waals surface area contributed by atoms with Crippen molar-refractivity contribution in [2.45, 2.75) is 33.2 Å². The summed E-state index contributed by atoms with van der Waals surface area (Å²) in [6.07, 6.45) is 0.825. The first-order valence-corrected chi connectivity index (χ1v) is 6.18. The summed E-state index contributed by atoms with van der Waals surface area (Å²) in [6.45, 7) is 6.16. The lowest BCUT2D eigenvalue weighted by Gasteiger charge is -2.14. The van der Waals surface area contributed by atoms with E-state index in [-0.39, 0.29) is 6.04 Å². The van der Waals surface area contributed by atoms with Crippen molar-refractivity contribution in [3.05, 3.63) is 58.5 Å². The van der Waals surface area contributed by atoms with Crippen LogP contribution in [-0.4, -0.2) is 0 Å². The molecule has 0 aliphatic carbocycles. The van der Waals surface area contributed by atoms with E-state index in [4.69, 9.17) is 10.3 Å². The molecule has 0 spiro atoms. The van der Waals surface area contributed by atoms with E-state index in [1.54, 1.807) is 0 Å². The van der Waals surface area contributed by atoms with Crippen LogP contribution in [0.4, 0.5) is 0 Å². The van der Waals surface area contributed by atoms with Crippen LogP contribution >= 0.6 is 0 Å². The van der Waals surface area contributed by atoms with Gasteiger partial charge in [-0.15, -0.1) is 0 Å². The second-order valence-corrected chi connectivity index (χ2v) is 4.87. The first-order valence-electron chi connectivity index (χ1n) is 6.18. The lowest BCUT2D eigenvalue weighted by Crippen LogP contribution is -2.29. The van der Waals surface area contributed by atoms with Crippen LogP contribution in [0.25, 0.3) is 0 Å². The summed E-state index contributed by atoms with van der Waals surface area (Å²) < 4.78 is 5.63. The number of hydrogen-bond acceptors (Lipinski definition) is 3. The van der Waals surface area contributed by atoms with Gasteiger partial charge in [-0.2, -0.15) is 0 Å². The number of furan rings is 1. The predicted molar refractivity (Wildman–Crippen MR) is 73.1 cm³/mol. The Balaban J connectivity index is 2.20. The lowest BCUT2D eigenvalue weighted by molar-refractivity contribution is 0.403. The normalized spacial score (nSPS) is 12.7. The zero-order valence-corrected chi connectivity index (χ0v) is 11.2. The van der Waals surface area contributed by atoms with E-state index < -0.39 is 0 Å². The molecule has 18 heavy (non-hydrogen) atoms. The van der Waals surface area contributed by atoms with Gasteiger partial charge < -0.3 is 4.42 Å². The molecule has 1 atom stereocenters. The average molecular weight is 244 g/mol. The monoisotopic (exact) mass is 244 g/mol. The SMILES string of the molecule is Cc1cc(C)cc(CC(NN)c2ccc(C)o2)c1. The first-order chi connectivity index (χ1) is 8.58. The number of nitrogens with one attached hydrogen (secondary N) is 1. The Hall–Kier alpha value is -1.58. The summed E-state index contributed by atoms with van der Waals surface area (Å²) >= 11 is 0. The van der Waals surface area contributed by atoms with Gasteiger partial charge in [-0.1, -0.05) is 29.3 Å². The second kappa shape index (κ2) is 5.38. The van der Waals surface area contributed by atoms with Gasteiger partial charge in [-0.25, -0.2) is 5.43 Å². The van der Waals surface area contributed by atoms with Crippen LogP contribution in [0.1, 0.15) is 34.3 Å². The maximum atomic E-state index is 5.63. The quantitative estimate of drug-likeness (QED) is 0.642. The van der Waals surface area contributed by atoms with Crippen molar-refractivity contribution in [3.8, 4) is 0 Å². The minimum absolute atomic E-state index is 0.0138. The maximum Gasteiger partial charge on any atom is 0.122 e. The first kappa shape index (κ1) is 12.9. The third-order valence-electron chi connectivity index (χ3n) is 3.03. The fraction of sp³-hybridized carbons (Fsp3) is 0.333. The van der Waals surface area contributed by atoms with Crippen molar-refractivity contribution in [1.82, 2.24) is 5.43 Å². The fourth-order valence-corrected chi connectivity index (χ4v) is 2.30. The Labute approximate surface area is 108 Å². The summed E-state index contributed by atoms with van der Waals surface area (Å²) in [4.78, 5) is 0. The smallest absolute Gasteiger partial charge is 0.122 e. The van der Waals surface area contributed by atoms with Gasteiger partial charge in [0.2, 0.25) is 0 Å². The fourth-order valence-electron chi connectivity index (χ4n) is 2.30. The molecule has 0 aliphatic rings. The summed E-state index contributed by atoms with van der Waals surface area (Å²) in [5, 5.41) is 0. The van der Waals surface area contributed by atoms with Crippen molar-refractivity contribution in [2.24, 2.45) is 5.84 Å². The molecule has 3 N–H and O–H groups in total. The number of aryl methyl sites for hydroxylation is 3. The highest BCUT2D eigenvalue weighted by atomic mass is 16.3. The minimum atomic E-state index is 0.0138. The Morgan fingerprint density at radius 2 is 1.78 bits per heavy atom. The summed E-state index contributed by atoms with van der Waals surface area (Å²) in [7, 11) is 0. The van der Waals surface area contributed by atoms with Gasteiger partial charge in [0, 0.05) is 0 Å².